The molecule has 0 spiro atoms. The van der Waals surface area contributed by atoms with Crippen molar-refractivity contribution in [1.82, 2.24) is 9.78 Å². The summed E-state index contributed by atoms with van der Waals surface area (Å²) in [4.78, 5) is 0. The number of nitrogens with two attached hydrogens (primary N) is 1. The molecule has 106 valence electrons. The second-order valence-corrected chi connectivity index (χ2v) is 4.81. The number of methoxy groups -OCH3 is 1. The van der Waals surface area contributed by atoms with E-state index in [1.807, 2.05) is 53.3 Å². The third kappa shape index (κ3) is 2.45. The van der Waals surface area contributed by atoms with E-state index in [4.69, 9.17) is 15.9 Å². The summed E-state index contributed by atoms with van der Waals surface area (Å²) in [5, 5.41) is 13.1. The van der Waals surface area contributed by atoms with Crippen LogP contribution in [0, 0.1) is 5.41 Å². The van der Waals surface area contributed by atoms with E-state index >= 15 is 0 Å². The summed E-state index contributed by atoms with van der Waals surface area (Å²) < 4.78 is 7.25. The molecular formula is C16H16N4O. The van der Waals surface area contributed by atoms with E-state index in [0.29, 0.717) is 17.9 Å². The molecule has 0 aliphatic heterocycles. The molecule has 0 radical (unpaired) electrons. The Balaban J connectivity index is 1.96. The van der Waals surface area contributed by atoms with Crippen LogP contribution in [0.15, 0.2) is 48.7 Å². The number of amidine groups is 1. The molecule has 0 fully saturated rings. The van der Waals surface area contributed by atoms with Crippen molar-refractivity contribution in [3.63, 3.8) is 0 Å². The fraction of sp³-hybridized carbons (Fsp3) is 0.125. The average molecular weight is 280 g/mol. The van der Waals surface area contributed by atoms with E-state index in [0.717, 1.165) is 16.5 Å². The summed E-state index contributed by atoms with van der Waals surface area (Å²) in [6, 6.07) is 13.7. The lowest BCUT2D eigenvalue weighted by molar-refractivity contribution is 0.413. The van der Waals surface area contributed by atoms with Crippen LogP contribution in [0.2, 0.25) is 0 Å². The Hall–Kier alpha value is -2.82. The summed E-state index contributed by atoms with van der Waals surface area (Å²) in [6.07, 6.45) is 1.86. The number of benzene rings is 2. The third-order valence-electron chi connectivity index (χ3n) is 3.44. The first-order chi connectivity index (χ1) is 10.2. The van der Waals surface area contributed by atoms with Crippen molar-refractivity contribution in [2.45, 2.75) is 6.54 Å². The molecule has 0 unspecified atom stereocenters. The lowest BCUT2D eigenvalue weighted by atomic mass is 10.1. The number of hydrogen-bond acceptors (Lipinski definition) is 3. The lowest BCUT2D eigenvalue weighted by Gasteiger charge is -2.10. The van der Waals surface area contributed by atoms with Gasteiger partial charge in [-0.2, -0.15) is 5.10 Å². The molecule has 1 heterocycles. The van der Waals surface area contributed by atoms with Crippen molar-refractivity contribution in [3.05, 3.63) is 59.8 Å². The molecule has 0 saturated heterocycles. The van der Waals surface area contributed by atoms with Gasteiger partial charge in [0.15, 0.2) is 0 Å². The fourth-order valence-electron chi connectivity index (χ4n) is 2.38. The van der Waals surface area contributed by atoms with Gasteiger partial charge in [-0.15, -0.1) is 0 Å². The van der Waals surface area contributed by atoms with E-state index in [2.05, 4.69) is 5.10 Å². The van der Waals surface area contributed by atoms with Gasteiger partial charge in [-0.3, -0.25) is 10.1 Å². The standard InChI is InChI=1S/C16H16N4O/c1-21-15-8-11(6-7-13(15)16(17)18)10-20-14-5-3-2-4-12(14)9-19-20/h2-9H,10H2,1H3,(H3,17,18). The summed E-state index contributed by atoms with van der Waals surface area (Å²) in [5.74, 6) is 0.611. The van der Waals surface area contributed by atoms with Gasteiger partial charge >= 0.3 is 0 Å². The van der Waals surface area contributed by atoms with E-state index in [-0.39, 0.29) is 5.84 Å². The molecule has 5 nitrogen and oxygen atoms in total. The van der Waals surface area contributed by atoms with Crippen molar-refractivity contribution >= 4 is 16.7 Å². The molecule has 0 atom stereocenters. The summed E-state index contributed by atoms with van der Waals surface area (Å²) >= 11 is 0. The highest BCUT2D eigenvalue weighted by Gasteiger charge is 2.08. The Kier molecular flexibility index (Phi) is 3.31. The molecule has 0 aliphatic rings. The molecule has 5 heteroatoms. The zero-order valence-corrected chi connectivity index (χ0v) is 11.7. The first-order valence-corrected chi connectivity index (χ1v) is 6.61. The average Bonchev–Trinajstić information content (AvgIpc) is 2.90. The maximum Gasteiger partial charge on any atom is 0.130 e. The molecule has 2 aromatic carbocycles. The molecule has 3 aromatic rings. The van der Waals surface area contributed by atoms with Gasteiger partial charge in [0.05, 0.1) is 30.9 Å². The lowest BCUT2D eigenvalue weighted by Crippen LogP contribution is -2.13. The summed E-state index contributed by atoms with van der Waals surface area (Å²) in [5.41, 5.74) is 8.28. The molecule has 0 amide bonds. The van der Waals surface area contributed by atoms with Crippen LogP contribution >= 0.6 is 0 Å². The van der Waals surface area contributed by atoms with E-state index in [1.54, 1.807) is 7.11 Å². The van der Waals surface area contributed by atoms with Crippen LogP contribution in [0.4, 0.5) is 0 Å². The van der Waals surface area contributed by atoms with Crippen molar-refractivity contribution in [2.24, 2.45) is 5.73 Å². The van der Waals surface area contributed by atoms with Crippen molar-refractivity contribution in [3.8, 4) is 5.75 Å². The van der Waals surface area contributed by atoms with Gasteiger partial charge in [0.25, 0.3) is 0 Å². The molecule has 21 heavy (non-hydrogen) atoms. The van der Waals surface area contributed by atoms with E-state index in [9.17, 15) is 0 Å². The second-order valence-electron chi connectivity index (χ2n) is 4.81. The first kappa shape index (κ1) is 13.2. The number of ether oxygens (including phenoxy) is 1. The van der Waals surface area contributed by atoms with E-state index < -0.39 is 0 Å². The number of fused-ring (bicyclic) bond motifs is 1. The Morgan fingerprint density at radius 2 is 2.10 bits per heavy atom. The van der Waals surface area contributed by atoms with Crippen LogP contribution in [0.5, 0.6) is 5.75 Å². The van der Waals surface area contributed by atoms with Crippen LogP contribution in [0.3, 0.4) is 0 Å². The number of rotatable bonds is 4. The topological polar surface area (TPSA) is 76.9 Å². The maximum absolute atomic E-state index is 7.53. The van der Waals surface area contributed by atoms with Gasteiger partial charge in [0.2, 0.25) is 0 Å². The molecule has 0 bridgehead atoms. The monoisotopic (exact) mass is 280 g/mol. The van der Waals surface area contributed by atoms with Crippen LogP contribution in [-0.4, -0.2) is 22.7 Å². The maximum atomic E-state index is 7.53. The van der Waals surface area contributed by atoms with Gasteiger partial charge < -0.3 is 10.5 Å². The Morgan fingerprint density at radius 1 is 1.29 bits per heavy atom. The predicted molar refractivity (Wildman–Crippen MR) is 82.8 cm³/mol. The van der Waals surface area contributed by atoms with Gasteiger partial charge in [0.1, 0.15) is 11.6 Å². The largest absolute Gasteiger partial charge is 0.496 e. The minimum Gasteiger partial charge on any atom is -0.496 e. The molecule has 3 rings (SSSR count). The summed E-state index contributed by atoms with van der Waals surface area (Å²) in [7, 11) is 1.58. The number of nitrogens with zero attached hydrogens (tertiary/aromatic N) is 2. The molecule has 3 N–H and O–H groups in total. The zero-order chi connectivity index (χ0) is 14.8. The summed E-state index contributed by atoms with van der Waals surface area (Å²) in [6.45, 7) is 0.641. The smallest absolute Gasteiger partial charge is 0.130 e. The van der Waals surface area contributed by atoms with Crippen LogP contribution in [0.25, 0.3) is 10.9 Å². The first-order valence-electron chi connectivity index (χ1n) is 6.61. The minimum atomic E-state index is 0.00272. The highest BCUT2D eigenvalue weighted by molar-refractivity contribution is 5.97. The predicted octanol–water partition coefficient (Wildman–Crippen LogP) is 2.38. The second kappa shape index (κ2) is 5.28. The van der Waals surface area contributed by atoms with Crippen LogP contribution < -0.4 is 10.5 Å². The Morgan fingerprint density at radius 3 is 2.86 bits per heavy atom. The van der Waals surface area contributed by atoms with Gasteiger partial charge in [0, 0.05) is 5.39 Å². The molecule has 1 aromatic heterocycles. The normalized spacial score (nSPS) is 10.7. The molecular weight excluding hydrogens is 264 g/mol. The number of para-hydroxylation sites is 1. The third-order valence-corrected chi connectivity index (χ3v) is 3.44. The van der Waals surface area contributed by atoms with Gasteiger partial charge in [-0.05, 0) is 23.8 Å². The quantitative estimate of drug-likeness (QED) is 0.569. The number of nitrogens with one attached hydrogen (secondary N) is 1. The Labute approximate surface area is 122 Å². The van der Waals surface area contributed by atoms with Crippen molar-refractivity contribution in [2.75, 3.05) is 7.11 Å². The zero-order valence-electron chi connectivity index (χ0n) is 11.7. The number of aromatic nitrogens is 2. The van der Waals surface area contributed by atoms with Crippen LogP contribution in [0.1, 0.15) is 11.1 Å². The highest BCUT2D eigenvalue weighted by Crippen LogP contribution is 2.21. The minimum absolute atomic E-state index is 0.00272. The van der Waals surface area contributed by atoms with E-state index in [1.165, 1.54) is 0 Å². The van der Waals surface area contributed by atoms with Crippen LogP contribution in [-0.2, 0) is 6.54 Å². The number of hydrogen-bond donors (Lipinski definition) is 2. The number of nitrogen functional groups attached to an aromatic ring is 1. The van der Waals surface area contributed by atoms with Crippen molar-refractivity contribution in [1.29, 1.82) is 5.41 Å². The SMILES string of the molecule is COc1cc(Cn2ncc3ccccc32)ccc1C(=N)N. The molecule has 0 saturated carbocycles. The Bertz CT molecular complexity index is 807. The highest BCUT2D eigenvalue weighted by atomic mass is 16.5. The fourth-order valence-corrected chi connectivity index (χ4v) is 2.38. The van der Waals surface area contributed by atoms with Crippen molar-refractivity contribution < 1.29 is 4.74 Å². The molecule has 0 aliphatic carbocycles. The van der Waals surface area contributed by atoms with Gasteiger partial charge in [-0.1, -0.05) is 24.3 Å². The van der Waals surface area contributed by atoms with Gasteiger partial charge in [-0.25, -0.2) is 0 Å².